The van der Waals surface area contributed by atoms with Crippen LogP contribution in [0.25, 0.3) is 0 Å². The first-order valence-electron chi connectivity index (χ1n) is 7.91. The second-order valence-electron chi connectivity index (χ2n) is 7.12. The summed E-state index contributed by atoms with van der Waals surface area (Å²) in [6, 6.07) is 2.66. The Kier molecular flexibility index (Phi) is 4.05. The zero-order chi connectivity index (χ0) is 14.2. The highest BCUT2D eigenvalue weighted by Gasteiger charge is 2.50. The molecular formula is C17H25ClN2. The molecule has 1 aromatic heterocycles. The summed E-state index contributed by atoms with van der Waals surface area (Å²) >= 11 is 6.35. The summed E-state index contributed by atoms with van der Waals surface area (Å²) in [7, 11) is 0. The van der Waals surface area contributed by atoms with Gasteiger partial charge in [-0.3, -0.25) is 4.98 Å². The maximum Gasteiger partial charge on any atom is 0.0621 e. The number of halogens is 1. The second kappa shape index (κ2) is 5.65. The quantitative estimate of drug-likeness (QED) is 0.884. The van der Waals surface area contributed by atoms with E-state index in [2.05, 4.69) is 30.2 Å². The molecule has 2 nitrogen and oxygen atoms in total. The molecule has 2 aliphatic carbocycles. The average Bonchev–Trinajstić information content (AvgIpc) is 3.00. The Balaban J connectivity index is 1.81. The van der Waals surface area contributed by atoms with Gasteiger partial charge < -0.3 is 5.32 Å². The lowest BCUT2D eigenvalue weighted by molar-refractivity contribution is 0.152. The molecule has 20 heavy (non-hydrogen) atoms. The van der Waals surface area contributed by atoms with Gasteiger partial charge in [-0.05, 0) is 54.6 Å². The lowest BCUT2D eigenvalue weighted by Gasteiger charge is -2.39. The van der Waals surface area contributed by atoms with Gasteiger partial charge in [-0.15, -0.1) is 0 Å². The Labute approximate surface area is 127 Å². The number of aromatic nitrogens is 1. The summed E-state index contributed by atoms with van der Waals surface area (Å²) < 4.78 is 0. The molecule has 0 saturated heterocycles. The summed E-state index contributed by atoms with van der Waals surface area (Å²) in [6.45, 7) is 5.60. The molecular weight excluding hydrogens is 268 g/mol. The van der Waals surface area contributed by atoms with Gasteiger partial charge in [0.25, 0.3) is 0 Å². The third kappa shape index (κ3) is 2.73. The highest BCUT2D eigenvalue weighted by atomic mass is 35.5. The van der Waals surface area contributed by atoms with Crippen molar-refractivity contribution in [3.63, 3.8) is 0 Å². The molecule has 3 unspecified atom stereocenters. The van der Waals surface area contributed by atoms with E-state index < -0.39 is 0 Å². The Morgan fingerprint density at radius 1 is 1.45 bits per heavy atom. The Morgan fingerprint density at radius 2 is 2.30 bits per heavy atom. The van der Waals surface area contributed by atoms with E-state index in [0.29, 0.717) is 11.5 Å². The fourth-order valence-corrected chi connectivity index (χ4v) is 4.57. The predicted octanol–water partition coefficient (Wildman–Crippen LogP) is 4.08. The maximum absolute atomic E-state index is 6.35. The van der Waals surface area contributed by atoms with Gasteiger partial charge in [-0.1, -0.05) is 31.9 Å². The minimum Gasteiger partial charge on any atom is -0.314 e. The lowest BCUT2D eigenvalue weighted by Crippen LogP contribution is -2.42. The molecule has 3 atom stereocenters. The van der Waals surface area contributed by atoms with Crippen molar-refractivity contribution in [2.45, 2.75) is 52.0 Å². The summed E-state index contributed by atoms with van der Waals surface area (Å²) in [5.74, 6) is 1.83. The zero-order valence-corrected chi connectivity index (χ0v) is 13.3. The highest BCUT2D eigenvalue weighted by Crippen LogP contribution is 2.57. The van der Waals surface area contributed by atoms with Crippen LogP contribution in [0.3, 0.4) is 0 Å². The standard InChI is InChI=1S/C17H25ClN2/c1-12(2)20-11-17(8-13-3-4-15(17)7-13)9-14-5-6-19-10-16(14)18/h5-6,10,12-13,15,20H,3-4,7-9,11H2,1-2H3. The van der Waals surface area contributed by atoms with E-state index in [-0.39, 0.29) is 0 Å². The maximum atomic E-state index is 6.35. The number of pyridine rings is 1. The summed E-state index contributed by atoms with van der Waals surface area (Å²) in [6.07, 6.45) is 10.4. The van der Waals surface area contributed by atoms with Crippen molar-refractivity contribution in [1.29, 1.82) is 0 Å². The predicted molar refractivity (Wildman–Crippen MR) is 84.0 cm³/mol. The molecule has 0 aromatic carbocycles. The Hall–Kier alpha value is -0.600. The van der Waals surface area contributed by atoms with E-state index in [0.717, 1.165) is 29.8 Å². The summed E-state index contributed by atoms with van der Waals surface area (Å²) in [4.78, 5) is 4.12. The third-order valence-electron chi connectivity index (χ3n) is 5.36. The van der Waals surface area contributed by atoms with Crippen molar-refractivity contribution in [3.8, 4) is 0 Å². The molecule has 3 heteroatoms. The van der Waals surface area contributed by atoms with Crippen LogP contribution in [-0.2, 0) is 6.42 Å². The van der Waals surface area contributed by atoms with Crippen LogP contribution in [0.15, 0.2) is 18.5 Å². The number of hydrogen-bond acceptors (Lipinski definition) is 2. The fraction of sp³-hybridized carbons (Fsp3) is 0.706. The molecule has 0 spiro atoms. The summed E-state index contributed by atoms with van der Waals surface area (Å²) in [5.41, 5.74) is 1.69. The average molecular weight is 293 g/mol. The van der Waals surface area contributed by atoms with Gasteiger partial charge in [0.2, 0.25) is 0 Å². The van der Waals surface area contributed by atoms with Crippen molar-refractivity contribution in [3.05, 3.63) is 29.0 Å². The van der Waals surface area contributed by atoms with Gasteiger partial charge in [0.1, 0.15) is 0 Å². The van der Waals surface area contributed by atoms with E-state index in [4.69, 9.17) is 11.6 Å². The van der Waals surface area contributed by atoms with E-state index in [1.54, 1.807) is 6.20 Å². The van der Waals surface area contributed by atoms with Gasteiger partial charge in [0, 0.05) is 25.0 Å². The molecule has 0 aliphatic heterocycles. The number of hydrogen-bond donors (Lipinski definition) is 1. The fourth-order valence-electron chi connectivity index (χ4n) is 4.39. The van der Waals surface area contributed by atoms with Gasteiger partial charge in [0.15, 0.2) is 0 Å². The van der Waals surface area contributed by atoms with Crippen molar-refractivity contribution >= 4 is 11.6 Å². The van der Waals surface area contributed by atoms with Crippen LogP contribution in [0.2, 0.25) is 5.02 Å². The van der Waals surface area contributed by atoms with E-state index in [9.17, 15) is 0 Å². The Bertz CT molecular complexity index is 474. The van der Waals surface area contributed by atoms with Crippen molar-refractivity contribution in [2.24, 2.45) is 17.3 Å². The molecule has 2 aliphatic rings. The van der Waals surface area contributed by atoms with Gasteiger partial charge in [-0.2, -0.15) is 0 Å². The molecule has 0 amide bonds. The minimum absolute atomic E-state index is 0.415. The Morgan fingerprint density at radius 3 is 2.90 bits per heavy atom. The first kappa shape index (κ1) is 14.3. The molecule has 3 rings (SSSR count). The number of nitrogens with one attached hydrogen (secondary N) is 1. The third-order valence-corrected chi connectivity index (χ3v) is 5.70. The van der Waals surface area contributed by atoms with Crippen LogP contribution in [0.4, 0.5) is 0 Å². The number of fused-ring (bicyclic) bond motifs is 2. The van der Waals surface area contributed by atoms with Crippen LogP contribution in [0.1, 0.15) is 45.1 Å². The first-order chi connectivity index (χ1) is 9.59. The second-order valence-corrected chi connectivity index (χ2v) is 7.53. The van der Waals surface area contributed by atoms with E-state index >= 15 is 0 Å². The lowest BCUT2D eigenvalue weighted by atomic mass is 9.69. The monoisotopic (exact) mass is 292 g/mol. The number of rotatable bonds is 5. The normalized spacial score (nSPS) is 32.2. The van der Waals surface area contributed by atoms with Gasteiger partial charge in [0.05, 0.1) is 5.02 Å². The van der Waals surface area contributed by atoms with Gasteiger partial charge >= 0.3 is 0 Å². The van der Waals surface area contributed by atoms with Crippen molar-refractivity contribution in [1.82, 2.24) is 10.3 Å². The highest BCUT2D eigenvalue weighted by molar-refractivity contribution is 6.31. The van der Waals surface area contributed by atoms with Crippen molar-refractivity contribution in [2.75, 3.05) is 6.54 Å². The topological polar surface area (TPSA) is 24.9 Å². The molecule has 2 fully saturated rings. The number of nitrogens with zero attached hydrogens (tertiary/aromatic N) is 1. The largest absolute Gasteiger partial charge is 0.314 e. The van der Waals surface area contributed by atoms with Crippen LogP contribution >= 0.6 is 11.6 Å². The molecule has 1 N–H and O–H groups in total. The minimum atomic E-state index is 0.415. The van der Waals surface area contributed by atoms with E-state index in [1.807, 2.05) is 6.20 Å². The van der Waals surface area contributed by atoms with Crippen LogP contribution in [0, 0.1) is 17.3 Å². The molecule has 1 aromatic rings. The summed E-state index contributed by atoms with van der Waals surface area (Å²) in [5, 5.41) is 4.53. The molecule has 0 radical (unpaired) electrons. The molecule has 110 valence electrons. The molecule has 1 heterocycles. The van der Waals surface area contributed by atoms with Crippen LogP contribution in [0.5, 0.6) is 0 Å². The van der Waals surface area contributed by atoms with Crippen LogP contribution < -0.4 is 5.32 Å². The molecule has 2 bridgehead atoms. The zero-order valence-electron chi connectivity index (χ0n) is 12.5. The first-order valence-corrected chi connectivity index (χ1v) is 8.29. The van der Waals surface area contributed by atoms with Gasteiger partial charge in [-0.25, -0.2) is 0 Å². The van der Waals surface area contributed by atoms with E-state index in [1.165, 1.54) is 31.2 Å². The van der Waals surface area contributed by atoms with Crippen molar-refractivity contribution < 1.29 is 0 Å². The smallest absolute Gasteiger partial charge is 0.0621 e. The molecule has 2 saturated carbocycles. The van der Waals surface area contributed by atoms with Crippen LogP contribution in [-0.4, -0.2) is 17.6 Å². The SMILES string of the molecule is CC(C)NCC1(Cc2ccncc2Cl)CC2CCC1C2.